The van der Waals surface area contributed by atoms with Gasteiger partial charge in [-0.3, -0.25) is 4.79 Å². The van der Waals surface area contributed by atoms with Gasteiger partial charge in [-0.2, -0.15) is 12.6 Å². The maximum Gasteiger partial charge on any atom is 0.408 e. The van der Waals surface area contributed by atoms with Crippen molar-refractivity contribution < 1.29 is 22.7 Å². The molecule has 1 saturated heterocycles. The van der Waals surface area contributed by atoms with Crippen LogP contribution in [0.15, 0.2) is 47.4 Å². The Morgan fingerprint density at radius 2 is 1.88 bits per heavy atom. The van der Waals surface area contributed by atoms with Crippen LogP contribution in [0.25, 0.3) is 10.8 Å². The van der Waals surface area contributed by atoms with Gasteiger partial charge in [0.05, 0.1) is 4.90 Å². The quantitative estimate of drug-likeness (QED) is 0.473. The number of hydrogen-bond acceptors (Lipinski definition) is 7. The van der Waals surface area contributed by atoms with E-state index in [1.165, 1.54) is 0 Å². The topological polar surface area (TPSA) is 114 Å². The zero-order valence-electron chi connectivity index (χ0n) is 18.3. The second kappa shape index (κ2) is 9.68. The molecule has 8 nitrogen and oxygen atoms in total. The molecule has 0 aromatic heterocycles. The Hall–Kier alpha value is -2.30. The fourth-order valence-corrected chi connectivity index (χ4v) is 5.64. The van der Waals surface area contributed by atoms with E-state index in [9.17, 15) is 18.0 Å². The zero-order chi connectivity index (χ0) is 23.5. The van der Waals surface area contributed by atoms with Crippen molar-refractivity contribution in [1.29, 1.82) is 0 Å². The van der Waals surface area contributed by atoms with Crippen LogP contribution in [0.1, 0.15) is 27.2 Å². The van der Waals surface area contributed by atoms with Crippen LogP contribution in [0.3, 0.4) is 0 Å². The van der Waals surface area contributed by atoms with E-state index in [4.69, 9.17) is 4.74 Å². The summed E-state index contributed by atoms with van der Waals surface area (Å²) in [6.07, 6.45) is -0.281. The average Bonchev–Trinajstić information content (AvgIpc) is 3.14. The predicted molar refractivity (Wildman–Crippen MR) is 126 cm³/mol. The minimum Gasteiger partial charge on any atom is -0.444 e. The highest BCUT2D eigenvalue weighted by Gasteiger charge is 2.39. The molecule has 0 radical (unpaired) electrons. The molecule has 3 atom stereocenters. The molecule has 3 unspecified atom stereocenters. The number of carbonyl (C=O) groups is 2. The molecule has 1 aliphatic rings. The summed E-state index contributed by atoms with van der Waals surface area (Å²) < 4.78 is 32.2. The number of nitrogens with one attached hydrogen (secondary N) is 3. The van der Waals surface area contributed by atoms with Crippen LogP contribution in [-0.2, 0) is 19.4 Å². The molecule has 174 valence electrons. The number of sulfone groups is 1. The third kappa shape index (κ3) is 6.14. The monoisotopic (exact) mass is 479 g/mol. The molecule has 0 spiro atoms. The second-order valence-corrected chi connectivity index (χ2v) is 11.6. The Bertz CT molecular complexity index is 1100. The van der Waals surface area contributed by atoms with Crippen LogP contribution < -0.4 is 16.0 Å². The van der Waals surface area contributed by atoms with Gasteiger partial charge in [-0.15, -0.1) is 0 Å². The Kier molecular flexibility index (Phi) is 7.36. The van der Waals surface area contributed by atoms with Gasteiger partial charge in [0.1, 0.15) is 12.1 Å². The van der Waals surface area contributed by atoms with Crippen molar-refractivity contribution in [2.45, 2.75) is 54.4 Å². The van der Waals surface area contributed by atoms with Gasteiger partial charge in [-0.05, 0) is 50.1 Å². The molecule has 1 aliphatic heterocycles. The Labute approximate surface area is 193 Å². The third-order valence-corrected chi connectivity index (χ3v) is 7.41. The van der Waals surface area contributed by atoms with Gasteiger partial charge in [0, 0.05) is 17.8 Å². The van der Waals surface area contributed by atoms with Crippen LogP contribution in [0.5, 0.6) is 0 Å². The molecule has 2 aromatic rings. The molecule has 32 heavy (non-hydrogen) atoms. The highest BCUT2D eigenvalue weighted by molar-refractivity contribution is 7.92. The van der Waals surface area contributed by atoms with Gasteiger partial charge < -0.3 is 20.7 Å². The molecular formula is C22H29N3O5S2. The first kappa shape index (κ1) is 24.3. The number of alkyl carbamates (subject to hydrolysis) is 1. The summed E-state index contributed by atoms with van der Waals surface area (Å²) in [4.78, 5) is 24.5. The molecule has 1 fully saturated rings. The maximum atomic E-state index is 13.5. The van der Waals surface area contributed by atoms with E-state index >= 15 is 0 Å². The normalized spacial score (nSPS) is 20.0. The summed E-state index contributed by atoms with van der Waals surface area (Å²) >= 11 is 4.43. The van der Waals surface area contributed by atoms with Gasteiger partial charge in [-0.1, -0.05) is 30.3 Å². The van der Waals surface area contributed by atoms with E-state index in [0.29, 0.717) is 13.0 Å². The third-order valence-electron chi connectivity index (χ3n) is 4.99. The fraction of sp³-hybridized carbons (Fsp3) is 0.455. The lowest BCUT2D eigenvalue weighted by Crippen LogP contribution is -2.54. The molecule has 0 aliphatic carbocycles. The summed E-state index contributed by atoms with van der Waals surface area (Å²) in [5.74, 6) is -0.630. The Balaban J connectivity index is 1.80. The second-order valence-electron chi connectivity index (χ2n) is 8.80. The highest BCUT2D eigenvalue weighted by atomic mass is 32.2. The number of fused-ring (bicyclic) bond motifs is 1. The van der Waals surface area contributed by atoms with Gasteiger partial charge in [0.2, 0.25) is 15.7 Å². The summed E-state index contributed by atoms with van der Waals surface area (Å²) in [6, 6.07) is 11.8. The van der Waals surface area contributed by atoms with Gasteiger partial charge in [0.15, 0.2) is 5.37 Å². The summed E-state index contributed by atoms with van der Waals surface area (Å²) in [7, 11) is -3.93. The number of ether oxygens (including phenoxy) is 1. The minimum absolute atomic E-state index is 0.0221. The van der Waals surface area contributed by atoms with Crippen molar-refractivity contribution in [2.75, 3.05) is 13.1 Å². The molecule has 3 rings (SSSR count). The molecular weight excluding hydrogens is 450 g/mol. The van der Waals surface area contributed by atoms with Crippen LogP contribution in [0, 0.1) is 0 Å². The van der Waals surface area contributed by atoms with E-state index in [2.05, 4.69) is 28.6 Å². The first-order chi connectivity index (χ1) is 15.0. The number of carbonyl (C=O) groups excluding carboxylic acids is 2. The summed E-state index contributed by atoms with van der Waals surface area (Å²) in [5, 5.41) is 8.56. The number of thiol groups is 1. The number of benzene rings is 2. The molecule has 2 amide bonds. The van der Waals surface area contributed by atoms with Crippen molar-refractivity contribution in [1.82, 2.24) is 16.0 Å². The van der Waals surface area contributed by atoms with E-state index in [1.807, 2.05) is 24.3 Å². The molecule has 0 bridgehead atoms. The predicted octanol–water partition coefficient (Wildman–Crippen LogP) is 2.24. The van der Waals surface area contributed by atoms with Gasteiger partial charge in [0.25, 0.3) is 0 Å². The Morgan fingerprint density at radius 3 is 2.50 bits per heavy atom. The molecule has 3 N–H and O–H groups in total. The lowest BCUT2D eigenvalue weighted by molar-refractivity contribution is -0.120. The fourth-order valence-electron chi connectivity index (χ4n) is 3.54. The number of amides is 2. The van der Waals surface area contributed by atoms with Crippen molar-refractivity contribution in [2.24, 2.45) is 0 Å². The molecule has 10 heteroatoms. The van der Waals surface area contributed by atoms with Crippen LogP contribution in [0.4, 0.5) is 4.79 Å². The van der Waals surface area contributed by atoms with E-state index < -0.39 is 45.4 Å². The largest absolute Gasteiger partial charge is 0.444 e. The van der Waals surface area contributed by atoms with E-state index in [1.54, 1.807) is 39.0 Å². The SMILES string of the molecule is CC(C)(C)OC(=O)NCC(=O)NC(C1CC(S)CN1)S(=O)(=O)c1ccc2ccccc2c1. The lowest BCUT2D eigenvalue weighted by atomic mass is 10.1. The number of hydrogen-bond donors (Lipinski definition) is 4. The highest BCUT2D eigenvalue weighted by Crippen LogP contribution is 2.26. The van der Waals surface area contributed by atoms with Crippen LogP contribution in [0.2, 0.25) is 0 Å². The molecule has 2 aromatic carbocycles. The van der Waals surface area contributed by atoms with Crippen LogP contribution >= 0.6 is 12.6 Å². The van der Waals surface area contributed by atoms with Crippen molar-refractivity contribution in [3.05, 3.63) is 42.5 Å². The maximum absolute atomic E-state index is 13.5. The first-order valence-corrected chi connectivity index (χ1v) is 12.4. The van der Waals surface area contributed by atoms with E-state index in [0.717, 1.165) is 10.8 Å². The Morgan fingerprint density at radius 1 is 1.19 bits per heavy atom. The standard InChI is InChI=1S/C22H29N3O5S2/c1-22(2,3)30-21(27)24-13-19(26)25-20(18-11-16(31)12-23-18)32(28,29)17-9-8-14-6-4-5-7-15(14)10-17/h4-10,16,18,20,23,31H,11-13H2,1-3H3,(H,24,27)(H,25,26). The van der Waals surface area contributed by atoms with E-state index in [-0.39, 0.29) is 10.1 Å². The van der Waals surface area contributed by atoms with Crippen LogP contribution in [-0.4, -0.2) is 55.8 Å². The van der Waals surface area contributed by atoms with Crippen molar-refractivity contribution in [3.63, 3.8) is 0 Å². The number of rotatable bonds is 6. The average molecular weight is 480 g/mol. The minimum atomic E-state index is -3.93. The smallest absolute Gasteiger partial charge is 0.408 e. The molecule has 1 heterocycles. The van der Waals surface area contributed by atoms with Gasteiger partial charge in [-0.25, -0.2) is 13.2 Å². The van der Waals surface area contributed by atoms with Crippen molar-refractivity contribution >= 4 is 45.2 Å². The van der Waals surface area contributed by atoms with Crippen molar-refractivity contribution in [3.8, 4) is 0 Å². The lowest BCUT2D eigenvalue weighted by Gasteiger charge is -2.25. The zero-order valence-corrected chi connectivity index (χ0v) is 20.0. The first-order valence-electron chi connectivity index (χ1n) is 10.4. The van der Waals surface area contributed by atoms with Gasteiger partial charge >= 0.3 is 6.09 Å². The molecule has 0 saturated carbocycles. The summed E-state index contributed by atoms with van der Waals surface area (Å²) in [6.45, 7) is 5.24. The summed E-state index contributed by atoms with van der Waals surface area (Å²) in [5.41, 5.74) is -0.710.